The Labute approximate surface area is 161 Å². The van der Waals surface area contributed by atoms with Gasteiger partial charge >= 0.3 is 5.97 Å². The van der Waals surface area contributed by atoms with Gasteiger partial charge in [0, 0.05) is 5.69 Å². The van der Waals surface area contributed by atoms with Crippen LogP contribution in [-0.4, -0.2) is 26.5 Å². The predicted octanol–water partition coefficient (Wildman–Crippen LogP) is 4.43. The highest BCUT2D eigenvalue weighted by atomic mass is 32.2. The van der Waals surface area contributed by atoms with Crippen LogP contribution in [0.3, 0.4) is 0 Å². The minimum absolute atomic E-state index is 0.150. The molecule has 0 N–H and O–H groups in total. The Morgan fingerprint density at radius 2 is 1.81 bits per heavy atom. The van der Waals surface area contributed by atoms with Crippen LogP contribution >= 0.6 is 11.8 Å². The van der Waals surface area contributed by atoms with Gasteiger partial charge in [0.2, 0.25) is 0 Å². The highest BCUT2D eigenvalue weighted by Gasteiger charge is 2.12. The lowest BCUT2D eigenvalue weighted by molar-refractivity contribution is -0.131. The number of carbonyl (C=O) groups excluding carboxylic acids is 1. The molecule has 0 spiro atoms. The molecule has 3 aromatic carbocycles. The summed E-state index contributed by atoms with van der Waals surface area (Å²) in [5.74, 6) is 0.366. The number of nitrogens with zero attached hydrogens (tertiary/aromatic N) is 3. The van der Waals surface area contributed by atoms with Crippen LogP contribution < -0.4 is 4.74 Å². The van der Waals surface area contributed by atoms with E-state index in [1.165, 1.54) is 17.3 Å². The van der Waals surface area contributed by atoms with Gasteiger partial charge < -0.3 is 4.74 Å². The summed E-state index contributed by atoms with van der Waals surface area (Å²) in [6, 6.07) is 21.6. The van der Waals surface area contributed by atoms with E-state index in [9.17, 15) is 4.79 Å². The average molecular weight is 375 g/mol. The van der Waals surface area contributed by atoms with Crippen molar-refractivity contribution in [1.29, 1.82) is 0 Å². The molecule has 27 heavy (non-hydrogen) atoms. The standard InChI is InChI=1S/C21H17N3O2S/c1-15-6-9-18(10-7-15)24-14-22-23-21(24)27-13-20(25)26-19-11-8-16-4-2-3-5-17(16)12-19/h2-12,14H,13H2,1H3. The summed E-state index contributed by atoms with van der Waals surface area (Å²) in [7, 11) is 0. The molecule has 0 radical (unpaired) electrons. The summed E-state index contributed by atoms with van der Waals surface area (Å²) < 4.78 is 7.32. The lowest BCUT2D eigenvalue weighted by atomic mass is 10.1. The SMILES string of the molecule is Cc1ccc(-n2cnnc2SCC(=O)Oc2ccc3ccccc3c2)cc1. The zero-order valence-corrected chi connectivity index (χ0v) is 15.5. The van der Waals surface area contributed by atoms with Crippen LogP contribution in [-0.2, 0) is 4.79 Å². The first-order valence-corrected chi connectivity index (χ1v) is 9.47. The first-order chi connectivity index (χ1) is 13.2. The van der Waals surface area contributed by atoms with Crippen molar-refractivity contribution in [3.8, 4) is 11.4 Å². The predicted molar refractivity (Wildman–Crippen MR) is 106 cm³/mol. The molecule has 134 valence electrons. The third kappa shape index (κ3) is 4.01. The molecule has 4 aromatic rings. The topological polar surface area (TPSA) is 57.0 Å². The summed E-state index contributed by atoms with van der Waals surface area (Å²) in [6.45, 7) is 2.04. The molecule has 0 atom stereocenters. The Kier molecular flexibility index (Phi) is 4.89. The van der Waals surface area contributed by atoms with Crippen molar-refractivity contribution in [3.63, 3.8) is 0 Å². The summed E-state index contributed by atoms with van der Waals surface area (Å²) in [5, 5.41) is 10.9. The van der Waals surface area contributed by atoms with Gasteiger partial charge in [0.1, 0.15) is 12.1 Å². The first-order valence-electron chi connectivity index (χ1n) is 8.48. The van der Waals surface area contributed by atoms with Gasteiger partial charge in [-0.3, -0.25) is 9.36 Å². The van der Waals surface area contributed by atoms with E-state index in [-0.39, 0.29) is 11.7 Å². The minimum atomic E-state index is -0.325. The van der Waals surface area contributed by atoms with Crippen molar-refractivity contribution in [3.05, 3.63) is 78.6 Å². The van der Waals surface area contributed by atoms with Crippen molar-refractivity contribution in [2.24, 2.45) is 0 Å². The minimum Gasteiger partial charge on any atom is -0.426 e. The van der Waals surface area contributed by atoms with Crippen molar-refractivity contribution in [2.75, 3.05) is 5.75 Å². The molecule has 0 unspecified atom stereocenters. The summed E-state index contributed by atoms with van der Waals surface area (Å²) >= 11 is 1.30. The maximum atomic E-state index is 12.2. The second-order valence-corrected chi connectivity index (χ2v) is 7.03. The molecule has 0 aliphatic carbocycles. The maximum Gasteiger partial charge on any atom is 0.321 e. The fourth-order valence-electron chi connectivity index (χ4n) is 2.72. The summed E-state index contributed by atoms with van der Waals surface area (Å²) in [5.41, 5.74) is 2.14. The van der Waals surface area contributed by atoms with Crippen LogP contribution in [0.15, 0.2) is 78.2 Å². The second kappa shape index (κ2) is 7.63. The lowest BCUT2D eigenvalue weighted by Crippen LogP contribution is -2.11. The molecule has 4 rings (SSSR count). The van der Waals surface area contributed by atoms with Gasteiger partial charge in [0.15, 0.2) is 5.16 Å². The van der Waals surface area contributed by atoms with Crippen molar-refractivity contribution < 1.29 is 9.53 Å². The molecule has 0 saturated heterocycles. The van der Waals surface area contributed by atoms with Crippen LogP contribution in [0.25, 0.3) is 16.5 Å². The van der Waals surface area contributed by atoms with E-state index >= 15 is 0 Å². The van der Waals surface area contributed by atoms with Gasteiger partial charge in [-0.25, -0.2) is 0 Å². The molecule has 0 aliphatic rings. The summed E-state index contributed by atoms with van der Waals surface area (Å²) in [4.78, 5) is 12.2. The molecule has 1 heterocycles. The zero-order chi connectivity index (χ0) is 18.6. The molecule has 0 aliphatic heterocycles. The lowest BCUT2D eigenvalue weighted by Gasteiger charge is -2.07. The number of ether oxygens (including phenoxy) is 1. The summed E-state index contributed by atoms with van der Waals surface area (Å²) in [6.07, 6.45) is 1.64. The van der Waals surface area contributed by atoms with Crippen LogP contribution in [0.1, 0.15) is 5.56 Å². The van der Waals surface area contributed by atoms with E-state index in [2.05, 4.69) is 10.2 Å². The Balaban J connectivity index is 1.42. The van der Waals surface area contributed by atoms with E-state index in [1.807, 2.05) is 72.2 Å². The van der Waals surface area contributed by atoms with Crippen molar-refractivity contribution >= 4 is 28.5 Å². The Bertz CT molecular complexity index is 1090. The van der Waals surface area contributed by atoms with Crippen LogP contribution in [0.4, 0.5) is 0 Å². The third-order valence-corrected chi connectivity index (χ3v) is 5.02. The number of fused-ring (bicyclic) bond motifs is 1. The molecule has 0 saturated carbocycles. The number of rotatable bonds is 5. The molecular weight excluding hydrogens is 358 g/mol. The number of aryl methyl sites for hydroxylation is 1. The van der Waals surface area contributed by atoms with Crippen LogP contribution in [0.2, 0.25) is 0 Å². The number of thioether (sulfide) groups is 1. The van der Waals surface area contributed by atoms with Gasteiger partial charge in [0.25, 0.3) is 0 Å². The third-order valence-electron chi connectivity index (χ3n) is 4.10. The largest absolute Gasteiger partial charge is 0.426 e. The Hall–Kier alpha value is -3.12. The number of carbonyl (C=O) groups is 1. The molecule has 0 fully saturated rings. The van der Waals surface area contributed by atoms with E-state index in [0.717, 1.165) is 16.5 Å². The van der Waals surface area contributed by atoms with E-state index in [1.54, 1.807) is 12.4 Å². The van der Waals surface area contributed by atoms with Gasteiger partial charge in [-0.05, 0) is 42.0 Å². The van der Waals surface area contributed by atoms with Crippen molar-refractivity contribution in [1.82, 2.24) is 14.8 Å². The molecule has 0 bridgehead atoms. The smallest absolute Gasteiger partial charge is 0.321 e. The van der Waals surface area contributed by atoms with E-state index in [4.69, 9.17) is 4.74 Å². The van der Waals surface area contributed by atoms with Crippen molar-refractivity contribution in [2.45, 2.75) is 12.1 Å². The number of hydrogen-bond donors (Lipinski definition) is 0. The molecule has 6 heteroatoms. The van der Waals surface area contributed by atoms with Crippen LogP contribution in [0, 0.1) is 6.92 Å². The average Bonchev–Trinajstić information content (AvgIpc) is 3.15. The van der Waals surface area contributed by atoms with Gasteiger partial charge in [-0.15, -0.1) is 10.2 Å². The van der Waals surface area contributed by atoms with E-state index in [0.29, 0.717) is 10.9 Å². The first kappa shape index (κ1) is 17.3. The molecule has 1 aromatic heterocycles. The Morgan fingerprint density at radius 3 is 2.63 bits per heavy atom. The molecule has 0 amide bonds. The number of esters is 1. The maximum absolute atomic E-state index is 12.2. The van der Waals surface area contributed by atoms with Gasteiger partial charge in [0.05, 0.1) is 5.75 Å². The van der Waals surface area contributed by atoms with E-state index < -0.39 is 0 Å². The fraction of sp³-hybridized carbons (Fsp3) is 0.0952. The monoisotopic (exact) mass is 375 g/mol. The molecular formula is C21H17N3O2S. The number of hydrogen-bond acceptors (Lipinski definition) is 5. The highest BCUT2D eigenvalue weighted by molar-refractivity contribution is 7.99. The second-order valence-electron chi connectivity index (χ2n) is 6.09. The van der Waals surface area contributed by atoms with Gasteiger partial charge in [-0.2, -0.15) is 0 Å². The van der Waals surface area contributed by atoms with Gasteiger partial charge in [-0.1, -0.05) is 59.8 Å². The molecule has 5 nitrogen and oxygen atoms in total. The number of benzene rings is 3. The fourth-order valence-corrected chi connectivity index (χ4v) is 3.42. The quantitative estimate of drug-likeness (QED) is 0.293. The van der Waals surface area contributed by atoms with Crippen LogP contribution in [0.5, 0.6) is 5.75 Å². The highest BCUT2D eigenvalue weighted by Crippen LogP contribution is 2.23. The number of aromatic nitrogens is 3. The normalized spacial score (nSPS) is 10.9. The zero-order valence-electron chi connectivity index (χ0n) is 14.7. The Morgan fingerprint density at radius 1 is 1.04 bits per heavy atom.